The van der Waals surface area contributed by atoms with Gasteiger partial charge in [0.2, 0.25) is 0 Å². The molecule has 0 bridgehead atoms. The summed E-state index contributed by atoms with van der Waals surface area (Å²) in [7, 11) is 0. The number of pyridine rings is 1. The van der Waals surface area contributed by atoms with Crippen molar-refractivity contribution >= 4 is 70.4 Å². The van der Waals surface area contributed by atoms with Crippen molar-refractivity contribution in [3.8, 4) is 22.5 Å². The number of hydrogen-bond acceptors (Lipinski definition) is 2. The van der Waals surface area contributed by atoms with Crippen LogP contribution in [-0.2, 0) is 6.42 Å². The minimum Gasteiger partial charge on any atom is -0.310 e. The smallest absolute Gasteiger partial charge is 0.124 e. The van der Waals surface area contributed by atoms with E-state index in [4.69, 9.17) is 4.98 Å². The molecule has 1 aliphatic carbocycles. The maximum atomic E-state index is 5.02. The molecule has 0 saturated heterocycles. The van der Waals surface area contributed by atoms with Gasteiger partial charge in [0.25, 0.3) is 0 Å². The molecule has 0 unspecified atom stereocenters. The average Bonchev–Trinajstić information content (AvgIpc) is 3.75. The predicted molar refractivity (Wildman–Crippen MR) is 191 cm³/mol. The van der Waals surface area contributed by atoms with Gasteiger partial charge in [0, 0.05) is 43.0 Å². The highest BCUT2D eigenvalue weighted by Crippen LogP contribution is 2.40. The molecule has 10 rings (SSSR count). The number of para-hydroxylation sites is 2. The summed E-state index contributed by atoms with van der Waals surface area (Å²) in [5.41, 5.74) is 11.1. The summed E-state index contributed by atoms with van der Waals surface area (Å²) in [6.07, 6.45) is 8.83. The van der Waals surface area contributed by atoms with Crippen molar-refractivity contribution in [2.75, 3.05) is 0 Å². The minimum absolute atomic E-state index is 1.07. The van der Waals surface area contributed by atoms with Crippen LogP contribution >= 0.6 is 11.3 Å². The van der Waals surface area contributed by atoms with Crippen molar-refractivity contribution in [1.29, 1.82) is 0 Å². The normalized spacial score (nSPS) is 13.1. The summed E-state index contributed by atoms with van der Waals surface area (Å²) in [6, 6.07) is 44.3. The lowest BCUT2D eigenvalue weighted by atomic mass is 10.0. The molecule has 0 N–H and O–H groups in total. The largest absolute Gasteiger partial charge is 0.310 e. The number of nitrogens with zero attached hydrogens (tertiary/aromatic N) is 3. The van der Waals surface area contributed by atoms with Gasteiger partial charge in [-0.3, -0.25) is 0 Å². The highest BCUT2D eigenvalue weighted by Gasteiger charge is 2.20. The van der Waals surface area contributed by atoms with Crippen molar-refractivity contribution in [2.45, 2.75) is 12.8 Å². The molecule has 0 spiro atoms. The molecule has 212 valence electrons. The van der Waals surface area contributed by atoms with Gasteiger partial charge in [0.15, 0.2) is 0 Å². The van der Waals surface area contributed by atoms with Gasteiger partial charge in [-0.25, -0.2) is 4.98 Å². The summed E-state index contributed by atoms with van der Waals surface area (Å²) < 4.78 is 6.09. The molecular formula is C41H27N3S. The first-order valence-electron chi connectivity index (χ1n) is 15.5. The fourth-order valence-electron chi connectivity index (χ4n) is 7.42. The molecule has 45 heavy (non-hydrogen) atoms. The first-order chi connectivity index (χ1) is 22.3. The Kier molecular flexibility index (Phi) is 5.28. The lowest BCUT2D eigenvalue weighted by Crippen LogP contribution is -2.00. The number of aromatic nitrogens is 3. The van der Waals surface area contributed by atoms with Gasteiger partial charge >= 0.3 is 0 Å². The van der Waals surface area contributed by atoms with E-state index in [0.29, 0.717) is 0 Å². The Morgan fingerprint density at radius 1 is 0.556 bits per heavy atom. The molecule has 0 aliphatic heterocycles. The third kappa shape index (κ3) is 3.66. The highest BCUT2D eigenvalue weighted by molar-refractivity contribution is 7.25. The van der Waals surface area contributed by atoms with E-state index in [2.05, 4.69) is 143 Å². The monoisotopic (exact) mass is 593 g/mol. The number of allylic oxidation sites excluding steroid dienone is 1. The fraction of sp³-hybridized carbons (Fsp3) is 0.0488. The van der Waals surface area contributed by atoms with Crippen molar-refractivity contribution in [2.24, 2.45) is 0 Å². The van der Waals surface area contributed by atoms with Crippen LogP contribution in [0.2, 0.25) is 0 Å². The molecule has 9 aromatic rings. The molecule has 5 aromatic carbocycles. The van der Waals surface area contributed by atoms with Gasteiger partial charge in [-0.15, -0.1) is 11.3 Å². The molecule has 0 atom stereocenters. The van der Waals surface area contributed by atoms with Gasteiger partial charge in [0.1, 0.15) is 4.83 Å². The van der Waals surface area contributed by atoms with Crippen LogP contribution in [0.3, 0.4) is 0 Å². The molecular weight excluding hydrogens is 567 g/mol. The first kappa shape index (κ1) is 24.9. The second-order valence-corrected chi connectivity index (χ2v) is 13.0. The zero-order valence-corrected chi connectivity index (χ0v) is 25.3. The zero-order valence-electron chi connectivity index (χ0n) is 24.4. The molecule has 0 radical (unpaired) electrons. The zero-order chi connectivity index (χ0) is 29.5. The van der Waals surface area contributed by atoms with E-state index in [1.54, 1.807) is 11.3 Å². The third-order valence-electron chi connectivity index (χ3n) is 9.45. The van der Waals surface area contributed by atoms with E-state index in [-0.39, 0.29) is 0 Å². The van der Waals surface area contributed by atoms with E-state index in [1.807, 2.05) is 6.20 Å². The topological polar surface area (TPSA) is 22.8 Å². The van der Waals surface area contributed by atoms with E-state index in [1.165, 1.54) is 76.3 Å². The van der Waals surface area contributed by atoms with Crippen LogP contribution < -0.4 is 0 Å². The van der Waals surface area contributed by atoms with E-state index < -0.39 is 0 Å². The Morgan fingerprint density at radius 2 is 1.31 bits per heavy atom. The van der Waals surface area contributed by atoms with Crippen molar-refractivity contribution in [1.82, 2.24) is 14.1 Å². The molecule has 0 amide bonds. The molecule has 3 nitrogen and oxygen atoms in total. The quantitative estimate of drug-likeness (QED) is 0.200. The van der Waals surface area contributed by atoms with Crippen LogP contribution in [0.5, 0.6) is 0 Å². The van der Waals surface area contributed by atoms with Crippen LogP contribution in [0.4, 0.5) is 0 Å². The molecule has 4 heterocycles. The lowest BCUT2D eigenvalue weighted by molar-refractivity contribution is 0.968. The Morgan fingerprint density at radius 3 is 2.20 bits per heavy atom. The fourth-order valence-corrected chi connectivity index (χ4v) is 8.43. The van der Waals surface area contributed by atoms with Crippen molar-refractivity contribution in [3.05, 3.63) is 145 Å². The molecule has 0 saturated carbocycles. The van der Waals surface area contributed by atoms with Gasteiger partial charge in [-0.1, -0.05) is 78.9 Å². The Balaban J connectivity index is 1.20. The summed E-state index contributed by atoms with van der Waals surface area (Å²) in [5.74, 6) is 0. The maximum Gasteiger partial charge on any atom is 0.124 e. The standard InChI is InChI=1S/C41H27N3S/c1-2-10-26(11-3-1)27-18-21-40-34(22-27)35-24-29(25-42-41(35)45-40)44-38-17-9-6-14-32(38)33-23-28(19-20-39(33)44)43-36-15-7-4-12-30(36)31-13-5-8-16-37(31)43/h1-4,6-12,14-25H,5,13H2. The van der Waals surface area contributed by atoms with Gasteiger partial charge in [-0.05, 0) is 84.1 Å². The van der Waals surface area contributed by atoms with E-state index in [0.717, 1.165) is 23.4 Å². The van der Waals surface area contributed by atoms with Gasteiger partial charge in [-0.2, -0.15) is 0 Å². The molecule has 4 heteroatoms. The van der Waals surface area contributed by atoms with Crippen molar-refractivity contribution in [3.63, 3.8) is 0 Å². The van der Waals surface area contributed by atoms with Gasteiger partial charge in [0.05, 0.1) is 28.4 Å². The Hall–Kier alpha value is -5.45. The van der Waals surface area contributed by atoms with Crippen LogP contribution in [0.1, 0.15) is 17.7 Å². The second kappa shape index (κ2) is 9.52. The van der Waals surface area contributed by atoms with Crippen LogP contribution in [-0.4, -0.2) is 14.1 Å². The van der Waals surface area contributed by atoms with Crippen LogP contribution in [0.25, 0.3) is 81.6 Å². The first-order valence-corrected chi connectivity index (χ1v) is 16.3. The van der Waals surface area contributed by atoms with Crippen LogP contribution in [0.15, 0.2) is 134 Å². The number of rotatable bonds is 3. The van der Waals surface area contributed by atoms with E-state index in [9.17, 15) is 0 Å². The molecule has 0 fully saturated rings. The summed E-state index contributed by atoms with van der Waals surface area (Å²) in [4.78, 5) is 6.09. The van der Waals surface area contributed by atoms with E-state index >= 15 is 0 Å². The molecule has 4 aromatic heterocycles. The number of thiophene rings is 1. The average molecular weight is 594 g/mol. The minimum atomic E-state index is 1.07. The van der Waals surface area contributed by atoms with Gasteiger partial charge < -0.3 is 9.13 Å². The lowest BCUT2D eigenvalue weighted by Gasteiger charge is -2.13. The maximum absolute atomic E-state index is 5.02. The number of aryl methyl sites for hydroxylation is 1. The summed E-state index contributed by atoms with van der Waals surface area (Å²) in [6.45, 7) is 0. The SMILES string of the molecule is C1=Cc2c(c3ccccc3n2-c2ccc3c(c2)c2ccccc2n3-c2cnc3sc4ccc(-c5ccccc5)cc4c3c2)CC1. The second-order valence-electron chi connectivity index (χ2n) is 11.9. The Labute approximate surface area is 263 Å². The molecule has 1 aliphatic rings. The number of hydrogen-bond donors (Lipinski definition) is 0. The Bertz CT molecular complexity index is 2650. The summed E-state index contributed by atoms with van der Waals surface area (Å²) >= 11 is 1.76. The predicted octanol–water partition coefficient (Wildman–Crippen LogP) is 11.1. The highest BCUT2D eigenvalue weighted by atomic mass is 32.1. The third-order valence-corrected chi connectivity index (χ3v) is 10.5. The number of benzene rings is 5. The van der Waals surface area contributed by atoms with Crippen LogP contribution in [0, 0.1) is 0 Å². The number of fused-ring (bicyclic) bond motifs is 9. The van der Waals surface area contributed by atoms with Crippen molar-refractivity contribution < 1.29 is 0 Å². The summed E-state index contributed by atoms with van der Waals surface area (Å²) in [5, 5.41) is 6.31.